The first kappa shape index (κ1) is 14.6. The van der Waals surface area contributed by atoms with Crippen LogP contribution in [-0.4, -0.2) is 15.8 Å². The average Bonchev–Trinajstić information content (AvgIpc) is 2.76. The highest BCUT2D eigenvalue weighted by Crippen LogP contribution is 2.29. The van der Waals surface area contributed by atoms with Gasteiger partial charge in [0, 0.05) is 30.9 Å². The predicted molar refractivity (Wildman–Crippen MR) is 80.1 cm³/mol. The Morgan fingerprint density at radius 3 is 2.58 bits per heavy atom. The number of nitrogens with zero attached hydrogens (tertiary/aromatic N) is 2. The Balaban J connectivity index is 1.99. The van der Waals surface area contributed by atoms with Crippen molar-refractivity contribution in [1.82, 2.24) is 15.1 Å². The van der Waals surface area contributed by atoms with E-state index in [1.165, 1.54) is 44.1 Å². The summed E-state index contributed by atoms with van der Waals surface area (Å²) in [6, 6.07) is 1.07. The van der Waals surface area contributed by atoms with E-state index < -0.39 is 0 Å². The van der Waals surface area contributed by atoms with Gasteiger partial charge in [0.2, 0.25) is 0 Å². The molecule has 108 valence electrons. The van der Waals surface area contributed by atoms with Crippen molar-refractivity contribution in [2.24, 2.45) is 13.0 Å². The molecule has 1 N–H and O–H groups in total. The highest BCUT2D eigenvalue weighted by Gasteiger charge is 2.24. The van der Waals surface area contributed by atoms with Crippen molar-refractivity contribution in [2.45, 2.75) is 71.4 Å². The molecule has 1 aromatic rings. The first-order valence-electron chi connectivity index (χ1n) is 7.88. The normalized spacial score (nSPS) is 20.4. The molecule has 0 bridgehead atoms. The van der Waals surface area contributed by atoms with E-state index in [1.807, 2.05) is 11.7 Å². The minimum atomic E-state index is 0.403. The van der Waals surface area contributed by atoms with Gasteiger partial charge in [-0.25, -0.2) is 0 Å². The van der Waals surface area contributed by atoms with E-state index in [4.69, 9.17) is 0 Å². The van der Waals surface area contributed by atoms with E-state index in [0.717, 1.165) is 11.6 Å². The topological polar surface area (TPSA) is 29.9 Å². The lowest BCUT2D eigenvalue weighted by Crippen LogP contribution is -2.38. The van der Waals surface area contributed by atoms with E-state index in [1.54, 1.807) is 0 Å². The van der Waals surface area contributed by atoms with Crippen molar-refractivity contribution in [3.8, 4) is 0 Å². The molecule has 1 fully saturated rings. The van der Waals surface area contributed by atoms with Crippen LogP contribution < -0.4 is 5.32 Å². The molecule has 3 heteroatoms. The molecule has 0 aliphatic heterocycles. The minimum Gasteiger partial charge on any atom is -0.307 e. The molecule has 1 aliphatic rings. The fourth-order valence-corrected chi connectivity index (χ4v) is 3.58. The lowest BCUT2D eigenvalue weighted by molar-refractivity contribution is 0.249. The van der Waals surface area contributed by atoms with Crippen LogP contribution in [0.25, 0.3) is 0 Å². The molecule has 1 aromatic heterocycles. The van der Waals surface area contributed by atoms with Gasteiger partial charge in [0.05, 0.1) is 5.69 Å². The van der Waals surface area contributed by atoms with Crippen molar-refractivity contribution in [2.75, 3.05) is 0 Å². The Morgan fingerprint density at radius 1 is 1.37 bits per heavy atom. The Bertz CT molecular complexity index is 391. The van der Waals surface area contributed by atoms with Crippen molar-refractivity contribution in [3.05, 3.63) is 17.5 Å². The second-order valence-electron chi connectivity index (χ2n) is 6.14. The molecule has 1 saturated carbocycles. The lowest BCUT2D eigenvalue weighted by atomic mass is 9.82. The van der Waals surface area contributed by atoms with E-state index in [0.29, 0.717) is 12.1 Å². The number of aryl methyl sites for hydroxylation is 2. The zero-order valence-corrected chi connectivity index (χ0v) is 12.9. The number of nitrogens with one attached hydrogen (secondary N) is 1. The molecule has 0 saturated heterocycles. The molecule has 0 radical (unpaired) electrons. The monoisotopic (exact) mass is 263 g/mol. The van der Waals surface area contributed by atoms with Crippen molar-refractivity contribution >= 4 is 0 Å². The van der Waals surface area contributed by atoms with Crippen molar-refractivity contribution in [3.63, 3.8) is 0 Å². The van der Waals surface area contributed by atoms with Gasteiger partial charge in [-0.15, -0.1) is 0 Å². The van der Waals surface area contributed by atoms with Crippen LogP contribution in [0.4, 0.5) is 0 Å². The predicted octanol–water partition coefficient (Wildman–Crippen LogP) is 3.74. The van der Waals surface area contributed by atoms with Gasteiger partial charge in [-0.3, -0.25) is 4.68 Å². The Kier molecular flexibility index (Phi) is 5.03. The van der Waals surface area contributed by atoms with Gasteiger partial charge in [0.25, 0.3) is 0 Å². The summed E-state index contributed by atoms with van der Waals surface area (Å²) in [6.45, 7) is 6.69. The molecule has 0 amide bonds. The van der Waals surface area contributed by atoms with Crippen LogP contribution in [-0.2, 0) is 7.05 Å². The molecule has 1 aliphatic carbocycles. The molecule has 2 rings (SSSR count). The Morgan fingerprint density at radius 2 is 2.05 bits per heavy atom. The number of hydrogen-bond donors (Lipinski definition) is 1. The third-order valence-electron chi connectivity index (χ3n) is 4.64. The van der Waals surface area contributed by atoms with Crippen LogP contribution in [0.3, 0.4) is 0 Å². The third-order valence-corrected chi connectivity index (χ3v) is 4.64. The summed E-state index contributed by atoms with van der Waals surface area (Å²) in [5.41, 5.74) is 2.50. The van der Waals surface area contributed by atoms with E-state index >= 15 is 0 Å². The molecule has 19 heavy (non-hydrogen) atoms. The highest BCUT2D eigenvalue weighted by atomic mass is 15.3. The molecule has 0 spiro atoms. The molecule has 1 heterocycles. The summed E-state index contributed by atoms with van der Waals surface area (Å²) < 4.78 is 1.92. The first-order valence-corrected chi connectivity index (χ1v) is 7.88. The summed E-state index contributed by atoms with van der Waals surface area (Å²) in [5.74, 6) is 0.873. The highest BCUT2D eigenvalue weighted by molar-refractivity contribution is 5.19. The van der Waals surface area contributed by atoms with Crippen LogP contribution in [0.1, 0.15) is 69.7 Å². The van der Waals surface area contributed by atoms with Crippen LogP contribution in [0.15, 0.2) is 6.20 Å². The summed E-state index contributed by atoms with van der Waals surface area (Å²) in [4.78, 5) is 0. The second kappa shape index (κ2) is 6.56. The molecule has 3 nitrogen and oxygen atoms in total. The number of rotatable bonds is 5. The summed E-state index contributed by atoms with van der Waals surface area (Å²) in [6.07, 6.45) is 10.5. The summed E-state index contributed by atoms with van der Waals surface area (Å²) in [5, 5.41) is 8.31. The van der Waals surface area contributed by atoms with Crippen LogP contribution in [0, 0.1) is 12.8 Å². The SMILES string of the molecule is CCC(NC(C)c1cn(C)nc1C)C1CCCCC1. The third kappa shape index (κ3) is 3.59. The molecule has 2 atom stereocenters. The quantitative estimate of drug-likeness (QED) is 0.877. The maximum atomic E-state index is 4.45. The van der Waals surface area contributed by atoms with Gasteiger partial charge in [0.15, 0.2) is 0 Å². The van der Waals surface area contributed by atoms with Gasteiger partial charge in [-0.2, -0.15) is 5.10 Å². The Hall–Kier alpha value is -0.830. The molecule has 2 unspecified atom stereocenters. The lowest BCUT2D eigenvalue weighted by Gasteiger charge is -2.32. The van der Waals surface area contributed by atoms with Gasteiger partial charge >= 0.3 is 0 Å². The molecule has 0 aromatic carbocycles. The fourth-order valence-electron chi connectivity index (χ4n) is 3.58. The van der Waals surface area contributed by atoms with Gasteiger partial charge in [-0.05, 0) is 39.0 Å². The van der Waals surface area contributed by atoms with Crippen molar-refractivity contribution in [1.29, 1.82) is 0 Å². The summed E-state index contributed by atoms with van der Waals surface area (Å²) >= 11 is 0. The summed E-state index contributed by atoms with van der Waals surface area (Å²) in [7, 11) is 2.00. The maximum Gasteiger partial charge on any atom is 0.0641 e. The minimum absolute atomic E-state index is 0.403. The zero-order chi connectivity index (χ0) is 13.8. The zero-order valence-electron chi connectivity index (χ0n) is 12.9. The first-order chi connectivity index (χ1) is 9.11. The van der Waals surface area contributed by atoms with Gasteiger partial charge in [-0.1, -0.05) is 26.2 Å². The maximum absolute atomic E-state index is 4.45. The van der Waals surface area contributed by atoms with Gasteiger partial charge < -0.3 is 5.32 Å². The fraction of sp³-hybridized carbons (Fsp3) is 0.812. The van der Waals surface area contributed by atoms with E-state index in [9.17, 15) is 0 Å². The van der Waals surface area contributed by atoms with Crippen LogP contribution in [0.5, 0.6) is 0 Å². The van der Waals surface area contributed by atoms with Crippen LogP contribution in [0.2, 0.25) is 0 Å². The number of hydrogen-bond acceptors (Lipinski definition) is 2. The second-order valence-corrected chi connectivity index (χ2v) is 6.14. The standard InChI is InChI=1S/C16H29N3/c1-5-16(14-9-7-6-8-10-14)17-12(2)15-11-19(4)18-13(15)3/h11-12,14,16-17H,5-10H2,1-4H3. The molecular formula is C16H29N3. The average molecular weight is 263 g/mol. The van der Waals surface area contributed by atoms with Crippen molar-refractivity contribution < 1.29 is 0 Å². The largest absolute Gasteiger partial charge is 0.307 e. The van der Waals surface area contributed by atoms with Crippen LogP contribution >= 0.6 is 0 Å². The molecular weight excluding hydrogens is 234 g/mol. The Labute approximate surface area is 117 Å². The van der Waals surface area contributed by atoms with E-state index in [2.05, 4.69) is 37.4 Å². The number of aromatic nitrogens is 2. The van der Waals surface area contributed by atoms with Gasteiger partial charge in [0.1, 0.15) is 0 Å². The smallest absolute Gasteiger partial charge is 0.0641 e. The van der Waals surface area contributed by atoms with E-state index in [-0.39, 0.29) is 0 Å².